The molecule has 0 aliphatic heterocycles. The average Bonchev–Trinajstić information content (AvgIpc) is 2.62. The number of rotatable bonds is 4. The lowest BCUT2D eigenvalue weighted by Crippen LogP contribution is -2.13. The number of nitrogens with one attached hydrogen (secondary N) is 1. The van der Waals surface area contributed by atoms with Crippen molar-refractivity contribution in [2.75, 3.05) is 4.72 Å². The van der Waals surface area contributed by atoms with Gasteiger partial charge in [-0.3, -0.25) is 9.71 Å². The SMILES string of the molecule is N#Cc1ccc(-c2ncccc2NS(=O)(=O)c2ccccc2)cc1F. The molecule has 1 heterocycles. The van der Waals surface area contributed by atoms with Crippen LogP contribution in [0.1, 0.15) is 5.56 Å². The lowest BCUT2D eigenvalue weighted by molar-refractivity contribution is 0.601. The minimum absolute atomic E-state index is 0.0916. The van der Waals surface area contributed by atoms with Crippen LogP contribution in [-0.4, -0.2) is 13.4 Å². The Balaban J connectivity index is 2.03. The largest absolute Gasteiger partial charge is 0.277 e. The molecular weight excluding hydrogens is 341 g/mol. The van der Waals surface area contributed by atoms with E-state index in [2.05, 4.69) is 9.71 Å². The Morgan fingerprint density at radius 3 is 2.48 bits per heavy atom. The van der Waals surface area contributed by atoms with E-state index in [9.17, 15) is 12.8 Å². The second-order valence-corrected chi connectivity index (χ2v) is 6.81. The summed E-state index contributed by atoms with van der Waals surface area (Å²) in [5.74, 6) is -0.692. The lowest BCUT2D eigenvalue weighted by Gasteiger charge is -2.12. The molecule has 0 spiro atoms. The second kappa shape index (κ2) is 6.71. The highest BCUT2D eigenvalue weighted by molar-refractivity contribution is 7.92. The summed E-state index contributed by atoms with van der Waals surface area (Å²) in [6.45, 7) is 0. The summed E-state index contributed by atoms with van der Waals surface area (Å²) in [4.78, 5) is 4.25. The first kappa shape index (κ1) is 16.6. The molecule has 25 heavy (non-hydrogen) atoms. The van der Waals surface area contributed by atoms with Crippen LogP contribution in [0, 0.1) is 17.1 Å². The van der Waals surface area contributed by atoms with Crippen molar-refractivity contribution in [2.45, 2.75) is 4.90 Å². The molecule has 5 nitrogen and oxygen atoms in total. The Morgan fingerprint density at radius 1 is 1.04 bits per heavy atom. The molecule has 1 N–H and O–H groups in total. The minimum atomic E-state index is -3.80. The smallest absolute Gasteiger partial charge is 0.261 e. The summed E-state index contributed by atoms with van der Waals surface area (Å²) >= 11 is 0. The zero-order valence-corrected chi connectivity index (χ0v) is 13.7. The van der Waals surface area contributed by atoms with Crippen LogP contribution in [0.5, 0.6) is 0 Å². The molecule has 2 aromatic carbocycles. The number of hydrogen-bond donors (Lipinski definition) is 1. The molecule has 0 saturated carbocycles. The van der Waals surface area contributed by atoms with Crippen molar-refractivity contribution >= 4 is 15.7 Å². The molecule has 0 bridgehead atoms. The van der Waals surface area contributed by atoms with E-state index in [1.54, 1.807) is 36.4 Å². The number of benzene rings is 2. The molecule has 7 heteroatoms. The van der Waals surface area contributed by atoms with Crippen molar-refractivity contribution in [1.82, 2.24) is 4.98 Å². The summed E-state index contributed by atoms with van der Waals surface area (Å²) < 4.78 is 41.3. The number of anilines is 1. The van der Waals surface area contributed by atoms with E-state index in [1.807, 2.05) is 0 Å². The highest BCUT2D eigenvalue weighted by Gasteiger charge is 2.17. The summed E-state index contributed by atoms with van der Waals surface area (Å²) in [6, 6.07) is 16.8. The van der Waals surface area contributed by atoms with E-state index < -0.39 is 15.8 Å². The Morgan fingerprint density at radius 2 is 1.80 bits per heavy atom. The highest BCUT2D eigenvalue weighted by Crippen LogP contribution is 2.28. The summed E-state index contributed by atoms with van der Waals surface area (Å²) in [6.07, 6.45) is 1.48. The van der Waals surface area contributed by atoms with Gasteiger partial charge >= 0.3 is 0 Å². The van der Waals surface area contributed by atoms with Gasteiger partial charge in [0.05, 0.1) is 21.8 Å². The van der Waals surface area contributed by atoms with Crippen LogP contribution in [-0.2, 0) is 10.0 Å². The molecule has 124 valence electrons. The summed E-state index contributed by atoms with van der Waals surface area (Å²) in [5, 5.41) is 8.82. The Bertz CT molecular complexity index is 1060. The van der Waals surface area contributed by atoms with Gasteiger partial charge in [-0.15, -0.1) is 0 Å². The second-order valence-electron chi connectivity index (χ2n) is 5.12. The average molecular weight is 353 g/mol. The van der Waals surface area contributed by atoms with Gasteiger partial charge in [0.2, 0.25) is 0 Å². The number of nitriles is 1. The fourth-order valence-electron chi connectivity index (χ4n) is 2.27. The third-order valence-corrected chi connectivity index (χ3v) is 4.85. The highest BCUT2D eigenvalue weighted by atomic mass is 32.2. The quantitative estimate of drug-likeness (QED) is 0.777. The summed E-state index contributed by atoms with van der Waals surface area (Å²) in [5.41, 5.74) is 0.759. The number of pyridine rings is 1. The Kier molecular flexibility index (Phi) is 4.46. The molecule has 0 fully saturated rings. The van der Waals surface area contributed by atoms with Gasteiger partial charge in [-0.05, 0) is 36.4 Å². The van der Waals surface area contributed by atoms with Gasteiger partial charge in [0.1, 0.15) is 11.9 Å². The number of halogens is 1. The molecule has 0 radical (unpaired) electrons. The van der Waals surface area contributed by atoms with Crippen molar-refractivity contribution < 1.29 is 12.8 Å². The summed E-state index contributed by atoms with van der Waals surface area (Å²) in [7, 11) is -3.80. The van der Waals surface area contributed by atoms with Gasteiger partial charge in [-0.2, -0.15) is 5.26 Å². The predicted octanol–water partition coefficient (Wildman–Crippen LogP) is 3.56. The van der Waals surface area contributed by atoms with Gasteiger partial charge in [-0.25, -0.2) is 12.8 Å². The topological polar surface area (TPSA) is 82.8 Å². The lowest BCUT2D eigenvalue weighted by atomic mass is 10.1. The van der Waals surface area contributed by atoms with Crippen molar-refractivity contribution in [1.29, 1.82) is 5.26 Å². The number of hydrogen-bond acceptors (Lipinski definition) is 4. The molecule has 1 aromatic heterocycles. The van der Waals surface area contributed by atoms with Gasteiger partial charge in [-0.1, -0.05) is 24.3 Å². The van der Waals surface area contributed by atoms with Crippen molar-refractivity contribution in [3.63, 3.8) is 0 Å². The maximum Gasteiger partial charge on any atom is 0.261 e. The van der Waals surface area contributed by atoms with Gasteiger partial charge in [0.15, 0.2) is 0 Å². The maximum absolute atomic E-state index is 13.9. The number of aromatic nitrogens is 1. The minimum Gasteiger partial charge on any atom is -0.277 e. The van der Waals surface area contributed by atoms with Gasteiger partial charge in [0, 0.05) is 11.8 Å². The van der Waals surface area contributed by atoms with E-state index in [-0.39, 0.29) is 21.8 Å². The first-order valence-electron chi connectivity index (χ1n) is 7.24. The van der Waals surface area contributed by atoms with E-state index in [4.69, 9.17) is 5.26 Å². The van der Waals surface area contributed by atoms with E-state index in [1.165, 1.54) is 30.5 Å². The molecule has 3 aromatic rings. The number of sulfonamides is 1. The van der Waals surface area contributed by atoms with Crippen LogP contribution in [0.3, 0.4) is 0 Å². The van der Waals surface area contributed by atoms with Gasteiger partial charge < -0.3 is 0 Å². The molecule has 0 aliphatic carbocycles. The standard InChI is InChI=1S/C18H12FN3O2S/c19-16-11-13(8-9-14(16)12-20)18-17(7-4-10-21-18)22-25(23,24)15-5-2-1-3-6-15/h1-11,22H. The molecule has 3 rings (SSSR count). The van der Waals surface area contributed by atoms with Crippen molar-refractivity contribution in [3.8, 4) is 17.3 Å². The van der Waals surface area contributed by atoms with Crippen LogP contribution in [0.25, 0.3) is 11.3 Å². The Hall–Kier alpha value is -3.24. The Labute approximate surface area is 144 Å². The van der Waals surface area contributed by atoms with Crippen molar-refractivity contribution in [3.05, 3.63) is 78.2 Å². The normalized spacial score (nSPS) is 10.9. The number of nitrogens with zero attached hydrogens (tertiary/aromatic N) is 2. The van der Waals surface area contributed by atoms with Crippen LogP contribution >= 0.6 is 0 Å². The third kappa shape index (κ3) is 3.49. The van der Waals surface area contributed by atoms with Crippen LogP contribution in [0.15, 0.2) is 71.8 Å². The molecular formula is C18H12FN3O2S. The monoisotopic (exact) mass is 353 g/mol. The molecule has 0 amide bonds. The van der Waals surface area contributed by atoms with Crippen LogP contribution in [0.2, 0.25) is 0 Å². The van der Waals surface area contributed by atoms with E-state index in [0.717, 1.165) is 6.07 Å². The zero-order valence-electron chi connectivity index (χ0n) is 12.8. The zero-order chi connectivity index (χ0) is 17.9. The first-order valence-corrected chi connectivity index (χ1v) is 8.72. The third-order valence-electron chi connectivity index (χ3n) is 3.47. The van der Waals surface area contributed by atoms with Crippen molar-refractivity contribution in [2.24, 2.45) is 0 Å². The predicted molar refractivity (Wildman–Crippen MR) is 91.6 cm³/mol. The molecule has 0 atom stereocenters. The molecule has 0 saturated heterocycles. The van der Waals surface area contributed by atoms with Gasteiger partial charge in [0.25, 0.3) is 10.0 Å². The van der Waals surface area contributed by atoms with Crippen LogP contribution < -0.4 is 4.72 Å². The van der Waals surface area contributed by atoms with E-state index >= 15 is 0 Å². The fraction of sp³-hybridized carbons (Fsp3) is 0. The first-order chi connectivity index (χ1) is 12.0. The fourth-order valence-corrected chi connectivity index (χ4v) is 3.36. The van der Waals surface area contributed by atoms with Crippen LogP contribution in [0.4, 0.5) is 10.1 Å². The maximum atomic E-state index is 13.9. The molecule has 0 unspecified atom stereocenters. The molecule has 0 aliphatic rings. The van der Waals surface area contributed by atoms with E-state index in [0.29, 0.717) is 5.56 Å².